The number of hydrogen-bond acceptors (Lipinski definition) is 8. The number of aryl methyl sites for hydroxylation is 1. The molecule has 1 aliphatic carbocycles. The summed E-state index contributed by atoms with van der Waals surface area (Å²) >= 11 is 0. The van der Waals surface area contributed by atoms with Crippen molar-refractivity contribution in [2.75, 3.05) is 11.9 Å². The smallest absolute Gasteiger partial charge is 0.307 e. The number of ether oxygens (including phenoxy) is 1. The van der Waals surface area contributed by atoms with E-state index in [1.54, 1.807) is 12.4 Å². The minimum atomic E-state index is -0.191. The molecule has 3 aromatic heterocycles. The number of cyclic esters (lactones) is 1. The molecule has 0 spiro atoms. The van der Waals surface area contributed by atoms with Gasteiger partial charge >= 0.3 is 5.97 Å². The van der Waals surface area contributed by atoms with E-state index in [0.717, 1.165) is 48.1 Å². The largest absolute Gasteiger partial charge is 0.466 e. The van der Waals surface area contributed by atoms with Crippen LogP contribution in [-0.2, 0) is 16.1 Å². The zero-order valence-corrected chi connectivity index (χ0v) is 15.0. The van der Waals surface area contributed by atoms with Crippen LogP contribution in [0.1, 0.15) is 44.4 Å². The Morgan fingerprint density at radius 2 is 2.15 bits per heavy atom. The predicted octanol–water partition coefficient (Wildman–Crippen LogP) is 2.50. The van der Waals surface area contributed by atoms with E-state index in [0.29, 0.717) is 30.7 Å². The quantitative estimate of drug-likeness (QED) is 0.684. The molecule has 2 fully saturated rings. The van der Waals surface area contributed by atoms with Crippen LogP contribution >= 0.6 is 0 Å². The fraction of sp³-hybridized carbons (Fsp3) is 0.500. The van der Waals surface area contributed by atoms with Crippen molar-refractivity contribution in [1.82, 2.24) is 25.0 Å². The van der Waals surface area contributed by atoms with Gasteiger partial charge in [-0.2, -0.15) is 5.10 Å². The summed E-state index contributed by atoms with van der Waals surface area (Å²) in [4.78, 5) is 16.3. The van der Waals surface area contributed by atoms with Crippen molar-refractivity contribution in [3.05, 3.63) is 18.3 Å². The molecular weight excluding hydrogens is 348 g/mol. The fourth-order valence-electron chi connectivity index (χ4n) is 3.42. The van der Waals surface area contributed by atoms with E-state index in [-0.39, 0.29) is 12.0 Å². The fourth-order valence-corrected chi connectivity index (χ4v) is 3.42. The SMILES string of the molecule is CCn1ncc2c(NC3CCOC(=O)C3)c(-c3nnc(C4CC4)o3)cnc21. The molecular formula is C18H20N6O3. The number of nitrogens with zero attached hydrogens (tertiary/aromatic N) is 5. The van der Waals surface area contributed by atoms with Gasteiger partial charge in [0.05, 0.1) is 35.9 Å². The van der Waals surface area contributed by atoms with Gasteiger partial charge in [-0.25, -0.2) is 9.67 Å². The lowest BCUT2D eigenvalue weighted by molar-refractivity contribution is -0.147. The molecule has 1 aliphatic heterocycles. The van der Waals surface area contributed by atoms with Crippen LogP contribution in [0.3, 0.4) is 0 Å². The van der Waals surface area contributed by atoms with Crippen LogP contribution in [0.5, 0.6) is 0 Å². The number of pyridine rings is 1. The lowest BCUT2D eigenvalue weighted by atomic mass is 10.1. The number of nitrogens with one attached hydrogen (secondary N) is 1. The molecule has 0 amide bonds. The van der Waals surface area contributed by atoms with Gasteiger partial charge in [0.2, 0.25) is 5.89 Å². The monoisotopic (exact) mass is 368 g/mol. The van der Waals surface area contributed by atoms with E-state index in [1.165, 1.54) is 0 Å². The standard InChI is InChI=1S/C18H20N6O3/c1-2-24-16-12(9-20-24)15(21-11-5-6-26-14(25)7-11)13(8-19-16)18-23-22-17(27-18)10-3-4-10/h8-11H,2-7H2,1H3,(H,19,21). The number of rotatable bonds is 5. The van der Waals surface area contributed by atoms with Crippen molar-refractivity contribution in [1.29, 1.82) is 0 Å². The van der Waals surface area contributed by atoms with Crippen molar-refractivity contribution in [3.63, 3.8) is 0 Å². The van der Waals surface area contributed by atoms with Gasteiger partial charge in [-0.05, 0) is 19.8 Å². The normalized spacial score (nSPS) is 20.0. The highest BCUT2D eigenvalue weighted by atomic mass is 16.5. The van der Waals surface area contributed by atoms with E-state index in [2.05, 4.69) is 25.6 Å². The van der Waals surface area contributed by atoms with Crippen LogP contribution in [-0.4, -0.2) is 43.6 Å². The molecule has 1 N–H and O–H groups in total. The summed E-state index contributed by atoms with van der Waals surface area (Å²) in [5, 5.41) is 17.2. The summed E-state index contributed by atoms with van der Waals surface area (Å²) < 4.78 is 12.8. The highest BCUT2D eigenvalue weighted by Crippen LogP contribution is 2.41. The average Bonchev–Trinajstić information content (AvgIpc) is 3.25. The first-order valence-corrected chi connectivity index (χ1v) is 9.33. The average molecular weight is 368 g/mol. The number of aromatic nitrogens is 5. The molecule has 1 saturated heterocycles. The van der Waals surface area contributed by atoms with Gasteiger partial charge in [0, 0.05) is 31.1 Å². The maximum atomic E-state index is 11.7. The van der Waals surface area contributed by atoms with Crippen LogP contribution in [0.4, 0.5) is 5.69 Å². The molecule has 0 aromatic carbocycles. The number of anilines is 1. The maximum Gasteiger partial charge on any atom is 0.307 e. The molecule has 1 saturated carbocycles. The van der Waals surface area contributed by atoms with Crippen LogP contribution in [0.25, 0.3) is 22.5 Å². The third-order valence-corrected chi connectivity index (χ3v) is 5.05. The van der Waals surface area contributed by atoms with Gasteiger partial charge < -0.3 is 14.5 Å². The van der Waals surface area contributed by atoms with Gasteiger partial charge in [-0.15, -0.1) is 10.2 Å². The van der Waals surface area contributed by atoms with Gasteiger partial charge in [0.15, 0.2) is 5.65 Å². The Labute approximate surface area is 155 Å². The number of fused-ring (bicyclic) bond motifs is 1. The number of carbonyl (C=O) groups excluding carboxylic acids is 1. The van der Waals surface area contributed by atoms with Crippen LogP contribution < -0.4 is 5.32 Å². The molecule has 2 aliphatic rings. The van der Waals surface area contributed by atoms with Crippen molar-refractivity contribution in [3.8, 4) is 11.5 Å². The molecule has 9 heteroatoms. The first kappa shape index (κ1) is 16.2. The van der Waals surface area contributed by atoms with Crippen molar-refractivity contribution < 1.29 is 13.9 Å². The highest BCUT2D eigenvalue weighted by Gasteiger charge is 2.31. The molecule has 9 nitrogen and oxygen atoms in total. The first-order valence-electron chi connectivity index (χ1n) is 9.33. The summed E-state index contributed by atoms with van der Waals surface area (Å²) in [6.45, 7) is 3.16. The summed E-state index contributed by atoms with van der Waals surface area (Å²) in [6.07, 6.45) is 6.78. The number of carbonyl (C=O) groups is 1. The zero-order valence-electron chi connectivity index (χ0n) is 15.0. The second-order valence-corrected chi connectivity index (χ2v) is 7.02. The van der Waals surface area contributed by atoms with Gasteiger partial charge in [0.1, 0.15) is 0 Å². The third-order valence-electron chi connectivity index (χ3n) is 5.05. The Kier molecular flexibility index (Phi) is 3.80. The van der Waals surface area contributed by atoms with E-state index in [4.69, 9.17) is 9.15 Å². The molecule has 4 heterocycles. The first-order chi connectivity index (χ1) is 13.2. The van der Waals surface area contributed by atoms with Crippen LogP contribution in [0.15, 0.2) is 16.8 Å². The molecule has 0 radical (unpaired) electrons. The van der Waals surface area contributed by atoms with E-state index in [1.807, 2.05) is 11.6 Å². The molecule has 5 rings (SSSR count). The second kappa shape index (κ2) is 6.33. The van der Waals surface area contributed by atoms with E-state index >= 15 is 0 Å². The van der Waals surface area contributed by atoms with Crippen molar-refractivity contribution in [2.45, 2.75) is 51.1 Å². The number of hydrogen-bond donors (Lipinski definition) is 1. The molecule has 140 valence electrons. The predicted molar refractivity (Wildman–Crippen MR) is 96.1 cm³/mol. The minimum Gasteiger partial charge on any atom is -0.466 e. The summed E-state index contributed by atoms with van der Waals surface area (Å²) in [6, 6.07) is -0.0219. The minimum absolute atomic E-state index is 0.0219. The summed E-state index contributed by atoms with van der Waals surface area (Å²) in [5.74, 6) is 1.32. The Morgan fingerprint density at radius 1 is 1.26 bits per heavy atom. The Hall–Kier alpha value is -2.97. The summed E-state index contributed by atoms with van der Waals surface area (Å²) in [7, 11) is 0. The van der Waals surface area contributed by atoms with E-state index < -0.39 is 0 Å². The lowest BCUT2D eigenvalue weighted by Gasteiger charge is -2.24. The zero-order chi connectivity index (χ0) is 18.4. The summed E-state index contributed by atoms with van der Waals surface area (Å²) in [5.41, 5.74) is 2.34. The maximum absolute atomic E-state index is 11.7. The molecule has 1 atom stereocenters. The van der Waals surface area contributed by atoms with Gasteiger partial charge in [-0.1, -0.05) is 0 Å². The van der Waals surface area contributed by atoms with Crippen LogP contribution in [0.2, 0.25) is 0 Å². The molecule has 27 heavy (non-hydrogen) atoms. The second-order valence-electron chi connectivity index (χ2n) is 7.02. The van der Waals surface area contributed by atoms with E-state index in [9.17, 15) is 4.79 Å². The van der Waals surface area contributed by atoms with Crippen molar-refractivity contribution in [2.24, 2.45) is 0 Å². The van der Waals surface area contributed by atoms with Gasteiger partial charge in [-0.3, -0.25) is 4.79 Å². The Bertz CT molecular complexity index is 1010. The van der Waals surface area contributed by atoms with Crippen molar-refractivity contribution >= 4 is 22.7 Å². The Morgan fingerprint density at radius 3 is 2.93 bits per heavy atom. The highest BCUT2D eigenvalue weighted by molar-refractivity contribution is 5.96. The molecule has 0 bridgehead atoms. The Balaban J connectivity index is 1.59. The topological polar surface area (TPSA) is 108 Å². The lowest BCUT2D eigenvalue weighted by Crippen LogP contribution is -2.31. The molecule has 1 unspecified atom stereocenters. The molecule has 3 aromatic rings. The number of esters is 1. The third kappa shape index (κ3) is 2.92. The van der Waals surface area contributed by atoms with Crippen LogP contribution in [0, 0.1) is 0 Å². The van der Waals surface area contributed by atoms with Gasteiger partial charge in [0.25, 0.3) is 5.89 Å².